The first-order chi connectivity index (χ1) is 13.2. The molecule has 0 fully saturated rings. The fourth-order valence-electron chi connectivity index (χ4n) is 3.39. The Labute approximate surface area is 168 Å². The maximum atomic E-state index is 6.53. The van der Waals surface area contributed by atoms with Crippen LogP contribution in [0, 0.1) is 0 Å². The van der Waals surface area contributed by atoms with E-state index < -0.39 is 0 Å². The molecule has 3 aromatic rings. The van der Waals surface area contributed by atoms with Crippen LogP contribution in [-0.4, -0.2) is 12.8 Å². The van der Waals surface area contributed by atoms with Gasteiger partial charge in [-0.2, -0.15) is 5.10 Å². The molecule has 1 heterocycles. The van der Waals surface area contributed by atoms with E-state index in [0.29, 0.717) is 10.0 Å². The number of hydrogen-bond acceptors (Lipinski definition) is 3. The van der Waals surface area contributed by atoms with Gasteiger partial charge in [0, 0.05) is 22.0 Å². The van der Waals surface area contributed by atoms with Gasteiger partial charge in [0.15, 0.2) is 0 Å². The van der Waals surface area contributed by atoms with Crippen LogP contribution in [0.25, 0.3) is 0 Å². The van der Waals surface area contributed by atoms with Gasteiger partial charge < -0.3 is 4.74 Å². The molecule has 5 heteroatoms. The molecule has 3 aromatic carbocycles. The second-order valence-corrected chi connectivity index (χ2v) is 7.16. The van der Waals surface area contributed by atoms with Crippen LogP contribution >= 0.6 is 23.2 Å². The van der Waals surface area contributed by atoms with E-state index in [1.165, 1.54) is 0 Å². The van der Waals surface area contributed by atoms with E-state index in [-0.39, 0.29) is 6.04 Å². The number of anilines is 1. The number of para-hydroxylation sites is 2. The predicted octanol–water partition coefficient (Wildman–Crippen LogP) is 6.36. The SMILES string of the molecule is COc1ccccc1C1=NN(c2ccccc2)C(c2ccc(Cl)cc2Cl)C1. The van der Waals surface area contributed by atoms with Gasteiger partial charge in [-0.05, 0) is 42.0 Å². The molecule has 4 rings (SSSR count). The average Bonchev–Trinajstić information content (AvgIpc) is 3.13. The molecule has 1 atom stereocenters. The molecule has 0 bridgehead atoms. The minimum atomic E-state index is -0.0166. The molecule has 0 saturated carbocycles. The van der Waals surface area contributed by atoms with Crippen LogP contribution in [0.15, 0.2) is 77.9 Å². The standard InChI is InChI=1S/C22H18Cl2N2O/c1-27-22-10-6-5-9-18(22)20-14-21(17-12-11-15(23)13-19(17)24)26(25-20)16-7-3-2-4-8-16/h2-13,21H,14H2,1H3. The molecule has 1 unspecified atom stereocenters. The lowest BCUT2D eigenvalue weighted by Gasteiger charge is -2.24. The van der Waals surface area contributed by atoms with Crippen molar-refractivity contribution >= 4 is 34.6 Å². The number of methoxy groups -OCH3 is 1. The van der Waals surface area contributed by atoms with Gasteiger partial charge in [-0.15, -0.1) is 0 Å². The smallest absolute Gasteiger partial charge is 0.127 e. The lowest BCUT2D eigenvalue weighted by atomic mass is 9.97. The molecule has 0 N–H and O–H groups in total. The molecule has 1 aliphatic heterocycles. The molecular weight excluding hydrogens is 379 g/mol. The van der Waals surface area contributed by atoms with E-state index in [2.05, 4.69) is 0 Å². The minimum Gasteiger partial charge on any atom is -0.496 e. The van der Waals surface area contributed by atoms with Crippen LogP contribution < -0.4 is 9.75 Å². The van der Waals surface area contributed by atoms with E-state index in [1.54, 1.807) is 13.2 Å². The first-order valence-electron chi connectivity index (χ1n) is 8.67. The summed E-state index contributed by atoms with van der Waals surface area (Å²) in [7, 11) is 1.68. The third-order valence-corrected chi connectivity index (χ3v) is 5.23. The summed E-state index contributed by atoms with van der Waals surface area (Å²) in [5.41, 5.74) is 3.97. The number of benzene rings is 3. The molecular formula is C22H18Cl2N2O. The molecule has 3 nitrogen and oxygen atoms in total. The zero-order valence-corrected chi connectivity index (χ0v) is 16.3. The summed E-state index contributed by atoms with van der Waals surface area (Å²) in [5, 5.41) is 8.23. The number of nitrogens with zero attached hydrogens (tertiary/aromatic N) is 2. The Hall–Kier alpha value is -2.49. The van der Waals surface area contributed by atoms with Crippen molar-refractivity contribution in [2.75, 3.05) is 12.1 Å². The van der Waals surface area contributed by atoms with Crippen molar-refractivity contribution in [3.63, 3.8) is 0 Å². The van der Waals surface area contributed by atoms with Crippen LogP contribution in [0.3, 0.4) is 0 Å². The minimum absolute atomic E-state index is 0.0166. The van der Waals surface area contributed by atoms with Gasteiger partial charge in [0.25, 0.3) is 0 Å². The lowest BCUT2D eigenvalue weighted by Crippen LogP contribution is -2.18. The maximum absolute atomic E-state index is 6.53. The Morgan fingerprint density at radius 2 is 1.70 bits per heavy atom. The summed E-state index contributed by atoms with van der Waals surface area (Å²) < 4.78 is 5.54. The zero-order valence-electron chi connectivity index (χ0n) is 14.8. The second-order valence-electron chi connectivity index (χ2n) is 6.31. The summed E-state index contributed by atoms with van der Waals surface area (Å²) in [5.74, 6) is 0.812. The molecule has 0 amide bonds. The van der Waals surface area contributed by atoms with Gasteiger partial charge >= 0.3 is 0 Å². The van der Waals surface area contributed by atoms with Gasteiger partial charge in [-0.25, -0.2) is 0 Å². The zero-order chi connectivity index (χ0) is 18.8. The normalized spacial score (nSPS) is 16.3. The lowest BCUT2D eigenvalue weighted by molar-refractivity contribution is 0.414. The Kier molecular flexibility index (Phi) is 5.06. The van der Waals surface area contributed by atoms with Gasteiger partial charge in [0.1, 0.15) is 5.75 Å². The van der Waals surface area contributed by atoms with Crippen LogP contribution in [-0.2, 0) is 0 Å². The van der Waals surface area contributed by atoms with Crippen LogP contribution in [0.2, 0.25) is 10.0 Å². The highest BCUT2D eigenvalue weighted by molar-refractivity contribution is 6.35. The number of hydrazone groups is 1. The topological polar surface area (TPSA) is 24.8 Å². The van der Waals surface area contributed by atoms with Crippen molar-refractivity contribution in [2.24, 2.45) is 5.10 Å². The Morgan fingerprint density at radius 1 is 0.963 bits per heavy atom. The van der Waals surface area contributed by atoms with Gasteiger partial charge in [-0.1, -0.05) is 59.6 Å². The van der Waals surface area contributed by atoms with Crippen molar-refractivity contribution in [1.29, 1.82) is 0 Å². The molecule has 0 radical (unpaired) electrons. The van der Waals surface area contributed by atoms with Gasteiger partial charge in [-0.3, -0.25) is 5.01 Å². The largest absolute Gasteiger partial charge is 0.496 e. The van der Waals surface area contributed by atoms with Crippen molar-refractivity contribution in [2.45, 2.75) is 12.5 Å². The molecule has 136 valence electrons. The number of ether oxygens (including phenoxy) is 1. The first kappa shape index (κ1) is 17.9. The monoisotopic (exact) mass is 396 g/mol. The number of hydrogen-bond donors (Lipinski definition) is 0. The predicted molar refractivity (Wildman–Crippen MR) is 112 cm³/mol. The van der Waals surface area contributed by atoms with Crippen LogP contribution in [0.4, 0.5) is 5.69 Å². The van der Waals surface area contributed by atoms with E-state index >= 15 is 0 Å². The highest BCUT2D eigenvalue weighted by Gasteiger charge is 2.32. The van der Waals surface area contributed by atoms with E-state index in [4.69, 9.17) is 33.0 Å². The van der Waals surface area contributed by atoms with Crippen molar-refractivity contribution in [3.8, 4) is 5.75 Å². The molecule has 0 aliphatic carbocycles. The molecule has 0 saturated heterocycles. The fraction of sp³-hybridized carbons (Fsp3) is 0.136. The summed E-state index contributed by atoms with van der Waals surface area (Å²) in [6.45, 7) is 0. The van der Waals surface area contributed by atoms with E-state index in [0.717, 1.165) is 34.7 Å². The summed E-state index contributed by atoms with van der Waals surface area (Å²) >= 11 is 12.6. The summed E-state index contributed by atoms with van der Waals surface area (Å²) in [6.07, 6.45) is 0.719. The Morgan fingerprint density at radius 3 is 2.44 bits per heavy atom. The van der Waals surface area contributed by atoms with Crippen LogP contribution in [0.5, 0.6) is 5.75 Å². The van der Waals surface area contributed by atoms with Crippen molar-refractivity contribution in [1.82, 2.24) is 0 Å². The third-order valence-electron chi connectivity index (χ3n) is 4.67. The van der Waals surface area contributed by atoms with Crippen molar-refractivity contribution < 1.29 is 4.74 Å². The molecule has 0 spiro atoms. The van der Waals surface area contributed by atoms with Gasteiger partial charge in [0.05, 0.1) is 24.6 Å². The van der Waals surface area contributed by atoms with E-state index in [9.17, 15) is 0 Å². The summed E-state index contributed by atoms with van der Waals surface area (Å²) in [4.78, 5) is 0. The molecule has 27 heavy (non-hydrogen) atoms. The van der Waals surface area contributed by atoms with Crippen molar-refractivity contribution in [3.05, 3.63) is 94.0 Å². The van der Waals surface area contributed by atoms with E-state index in [1.807, 2.05) is 71.7 Å². The number of halogens is 2. The molecule has 0 aromatic heterocycles. The Bertz CT molecular complexity index is 989. The second kappa shape index (κ2) is 7.63. The third kappa shape index (κ3) is 3.53. The maximum Gasteiger partial charge on any atom is 0.127 e. The number of rotatable bonds is 4. The highest BCUT2D eigenvalue weighted by atomic mass is 35.5. The van der Waals surface area contributed by atoms with Crippen LogP contribution in [0.1, 0.15) is 23.6 Å². The summed E-state index contributed by atoms with van der Waals surface area (Å²) in [6, 6.07) is 23.7. The first-order valence-corrected chi connectivity index (χ1v) is 9.43. The molecule has 1 aliphatic rings. The Balaban J connectivity index is 1.80. The quantitative estimate of drug-likeness (QED) is 0.512. The average molecular weight is 397 g/mol. The fourth-order valence-corrected chi connectivity index (χ4v) is 3.92. The highest BCUT2D eigenvalue weighted by Crippen LogP contribution is 2.40. The van der Waals surface area contributed by atoms with Gasteiger partial charge in [0.2, 0.25) is 0 Å².